The molecular weight excluding hydrogens is 219 g/mol. The van der Waals surface area contributed by atoms with Crippen molar-refractivity contribution >= 4 is 23.1 Å². The van der Waals surface area contributed by atoms with E-state index in [1.54, 1.807) is 0 Å². The Balaban J connectivity index is 2.39. The number of thiocarbonyl (C=S) groups is 1. The number of alkyl halides is 3. The topological polar surface area (TPSA) is 38.3 Å². The lowest BCUT2D eigenvalue weighted by atomic mass is 10.2. The molecule has 0 aliphatic carbocycles. The van der Waals surface area contributed by atoms with Crippen molar-refractivity contribution in [2.75, 3.05) is 13.2 Å². The first kappa shape index (κ1) is 11.4. The molecule has 1 aliphatic heterocycles. The van der Waals surface area contributed by atoms with E-state index in [0.29, 0.717) is 17.8 Å². The maximum Gasteiger partial charge on any atom is 0.422 e. The van der Waals surface area contributed by atoms with Crippen LogP contribution in [0.15, 0.2) is 0 Å². The normalized spacial score (nSPS) is 22.5. The molecular formula is C7H8F3NO2S. The minimum Gasteiger partial charge on any atom is -0.455 e. The van der Waals surface area contributed by atoms with Crippen LogP contribution in [0.25, 0.3) is 0 Å². The van der Waals surface area contributed by atoms with Gasteiger partial charge in [-0.05, 0) is 6.42 Å². The Morgan fingerprint density at radius 2 is 2.29 bits per heavy atom. The molecule has 0 aromatic rings. The Morgan fingerprint density at radius 3 is 2.71 bits per heavy atom. The van der Waals surface area contributed by atoms with E-state index in [2.05, 4.69) is 10.1 Å². The highest BCUT2D eigenvalue weighted by molar-refractivity contribution is 7.80. The third-order valence-corrected chi connectivity index (χ3v) is 2.10. The molecule has 0 radical (unpaired) electrons. The van der Waals surface area contributed by atoms with Gasteiger partial charge in [0.1, 0.15) is 6.04 Å². The summed E-state index contributed by atoms with van der Waals surface area (Å²) < 4.78 is 39.1. The third kappa shape index (κ3) is 3.22. The summed E-state index contributed by atoms with van der Waals surface area (Å²) >= 11 is 4.78. The predicted molar refractivity (Wildman–Crippen MR) is 46.0 cm³/mol. The van der Waals surface area contributed by atoms with Crippen LogP contribution in [0, 0.1) is 0 Å². The van der Waals surface area contributed by atoms with Gasteiger partial charge in [-0.3, -0.25) is 5.32 Å². The number of hydrogen-bond donors (Lipinski definition) is 1. The highest BCUT2D eigenvalue weighted by atomic mass is 32.1. The van der Waals surface area contributed by atoms with Crippen molar-refractivity contribution < 1.29 is 22.7 Å². The van der Waals surface area contributed by atoms with Crippen molar-refractivity contribution in [1.29, 1.82) is 0 Å². The van der Waals surface area contributed by atoms with Crippen molar-refractivity contribution in [3.05, 3.63) is 0 Å². The van der Waals surface area contributed by atoms with Gasteiger partial charge in [-0.1, -0.05) is 12.2 Å². The molecule has 80 valence electrons. The summed E-state index contributed by atoms with van der Waals surface area (Å²) in [5.74, 6) is -0.954. The number of rotatable bonds is 2. The van der Waals surface area contributed by atoms with Crippen molar-refractivity contribution in [2.24, 2.45) is 0 Å². The molecule has 1 rings (SSSR count). The zero-order valence-electron chi connectivity index (χ0n) is 7.06. The molecule has 1 N–H and O–H groups in total. The van der Waals surface area contributed by atoms with Gasteiger partial charge in [0.2, 0.25) is 0 Å². The zero-order chi connectivity index (χ0) is 10.8. The minimum absolute atomic E-state index is 0.400. The molecule has 0 unspecified atom stereocenters. The van der Waals surface area contributed by atoms with Gasteiger partial charge < -0.3 is 4.74 Å². The van der Waals surface area contributed by atoms with Crippen LogP contribution in [0.2, 0.25) is 0 Å². The monoisotopic (exact) mass is 227 g/mol. The highest BCUT2D eigenvalue weighted by Crippen LogP contribution is 2.15. The van der Waals surface area contributed by atoms with Crippen molar-refractivity contribution in [2.45, 2.75) is 18.6 Å². The first-order valence-corrected chi connectivity index (χ1v) is 4.30. The smallest absolute Gasteiger partial charge is 0.422 e. The van der Waals surface area contributed by atoms with E-state index in [-0.39, 0.29) is 0 Å². The molecule has 1 aliphatic rings. The Hall–Kier alpha value is -0.690. The van der Waals surface area contributed by atoms with E-state index in [4.69, 9.17) is 12.2 Å². The van der Waals surface area contributed by atoms with Crippen molar-refractivity contribution in [3.63, 3.8) is 0 Å². The van der Waals surface area contributed by atoms with Crippen molar-refractivity contribution in [1.82, 2.24) is 5.32 Å². The fraction of sp³-hybridized carbons (Fsp3) is 0.714. The maximum atomic E-state index is 11.7. The minimum atomic E-state index is -4.49. The lowest BCUT2D eigenvalue weighted by Gasteiger charge is -2.11. The van der Waals surface area contributed by atoms with Gasteiger partial charge in [0.15, 0.2) is 6.61 Å². The standard InChI is InChI=1S/C7H8F3NO2S/c8-7(9,10)3-13-6(12)5-4(14)1-2-11-5/h5,11H,1-3H2/t5-/m0/s1. The molecule has 0 saturated carbocycles. The van der Waals surface area contributed by atoms with Crippen LogP contribution in [-0.4, -0.2) is 36.2 Å². The molecule has 14 heavy (non-hydrogen) atoms. The quantitative estimate of drug-likeness (QED) is 0.560. The number of halogens is 3. The predicted octanol–water partition coefficient (Wildman–Crippen LogP) is 0.824. The molecule has 7 heteroatoms. The van der Waals surface area contributed by atoms with E-state index in [9.17, 15) is 18.0 Å². The summed E-state index contributed by atoms with van der Waals surface area (Å²) in [5.41, 5.74) is 0. The van der Waals surface area contributed by atoms with Crippen LogP contribution in [0.1, 0.15) is 6.42 Å². The zero-order valence-corrected chi connectivity index (χ0v) is 7.87. The van der Waals surface area contributed by atoms with Crippen LogP contribution in [0.4, 0.5) is 13.2 Å². The van der Waals surface area contributed by atoms with Gasteiger partial charge in [0.05, 0.1) is 0 Å². The summed E-state index contributed by atoms with van der Waals surface area (Å²) in [7, 11) is 0. The second kappa shape index (κ2) is 4.22. The summed E-state index contributed by atoms with van der Waals surface area (Å²) in [4.78, 5) is 11.4. The fourth-order valence-corrected chi connectivity index (χ4v) is 1.33. The number of nitrogens with one attached hydrogen (secondary N) is 1. The molecule has 0 amide bonds. The Morgan fingerprint density at radius 1 is 1.64 bits per heavy atom. The first-order valence-electron chi connectivity index (χ1n) is 3.89. The molecule has 0 aromatic carbocycles. The lowest BCUT2D eigenvalue weighted by Crippen LogP contribution is -2.38. The molecule has 1 saturated heterocycles. The Bertz CT molecular complexity index is 254. The second-order valence-electron chi connectivity index (χ2n) is 2.83. The van der Waals surface area contributed by atoms with Gasteiger partial charge in [-0.25, -0.2) is 4.79 Å². The van der Waals surface area contributed by atoms with Gasteiger partial charge in [0, 0.05) is 11.4 Å². The number of ether oxygens (including phenoxy) is 1. The molecule has 1 heterocycles. The molecule has 0 aromatic heterocycles. The van der Waals surface area contributed by atoms with E-state index in [1.807, 2.05) is 0 Å². The number of carbonyl (C=O) groups excluding carboxylic acids is 1. The summed E-state index contributed by atoms with van der Waals surface area (Å²) in [6.07, 6.45) is -3.98. The fourth-order valence-electron chi connectivity index (χ4n) is 1.05. The second-order valence-corrected chi connectivity index (χ2v) is 3.35. The molecule has 3 nitrogen and oxygen atoms in total. The first-order chi connectivity index (χ1) is 6.40. The lowest BCUT2D eigenvalue weighted by molar-refractivity contribution is -0.186. The van der Waals surface area contributed by atoms with Crippen LogP contribution >= 0.6 is 12.2 Å². The third-order valence-electron chi connectivity index (χ3n) is 1.66. The van der Waals surface area contributed by atoms with Gasteiger partial charge in [0.25, 0.3) is 0 Å². The Kier molecular flexibility index (Phi) is 3.43. The number of hydrogen-bond acceptors (Lipinski definition) is 4. The van der Waals surface area contributed by atoms with Gasteiger partial charge >= 0.3 is 12.1 Å². The van der Waals surface area contributed by atoms with Gasteiger partial charge in [-0.2, -0.15) is 13.2 Å². The number of esters is 1. The van der Waals surface area contributed by atoms with E-state index in [1.165, 1.54) is 0 Å². The number of carbonyl (C=O) groups is 1. The van der Waals surface area contributed by atoms with Crippen LogP contribution in [0.3, 0.4) is 0 Å². The molecule has 0 bridgehead atoms. The van der Waals surface area contributed by atoms with Gasteiger partial charge in [-0.15, -0.1) is 0 Å². The molecule has 1 fully saturated rings. The van der Waals surface area contributed by atoms with Crippen LogP contribution < -0.4 is 5.32 Å². The van der Waals surface area contributed by atoms with E-state index < -0.39 is 24.8 Å². The summed E-state index contributed by atoms with van der Waals surface area (Å²) in [6.45, 7) is -1.06. The average Bonchev–Trinajstić information content (AvgIpc) is 2.46. The summed E-state index contributed by atoms with van der Waals surface area (Å²) in [6, 6.07) is -0.854. The SMILES string of the molecule is O=C(OCC(F)(F)F)[C@H]1NCCC1=S. The van der Waals surface area contributed by atoms with Crippen molar-refractivity contribution in [3.8, 4) is 0 Å². The van der Waals surface area contributed by atoms with Crippen LogP contribution in [0.5, 0.6) is 0 Å². The largest absolute Gasteiger partial charge is 0.455 e. The average molecular weight is 227 g/mol. The van der Waals surface area contributed by atoms with E-state index >= 15 is 0 Å². The highest BCUT2D eigenvalue weighted by Gasteiger charge is 2.34. The van der Waals surface area contributed by atoms with E-state index in [0.717, 1.165) is 0 Å². The summed E-state index contributed by atoms with van der Waals surface area (Å²) in [5, 5.41) is 2.66. The Labute approximate surface area is 83.6 Å². The maximum absolute atomic E-state index is 11.7. The van der Waals surface area contributed by atoms with Crippen LogP contribution in [-0.2, 0) is 9.53 Å². The molecule has 0 spiro atoms. The molecule has 1 atom stereocenters.